The van der Waals surface area contributed by atoms with Gasteiger partial charge in [0.15, 0.2) is 0 Å². The number of imidazole rings is 1. The monoisotopic (exact) mass is 262 g/mol. The Balaban J connectivity index is 0.000000861. The highest BCUT2D eigenvalue weighted by atomic mass is 19.1. The van der Waals surface area contributed by atoms with Crippen molar-refractivity contribution in [3.63, 3.8) is 0 Å². The second-order valence-electron chi connectivity index (χ2n) is 3.83. The number of nitrogens with zero attached hydrogens (tertiary/aromatic N) is 1. The third-order valence-corrected chi connectivity index (χ3v) is 2.69. The number of aliphatic hydroxyl groups is 1. The zero-order valence-corrected chi connectivity index (χ0v) is 11.2. The van der Waals surface area contributed by atoms with Crippen molar-refractivity contribution in [1.29, 1.82) is 0 Å². The Bertz CT molecular complexity index is 511. The van der Waals surface area contributed by atoms with Crippen LogP contribution < -0.4 is 0 Å². The standard InChI is InChI=1S/C13H13FN2O.C2H6/c1-2-6-13(17,12-8-15-9-16-12)10-4-3-5-11(14)7-10;1-2/h2-5,7-9,17H,1,6H2,(H,15,16);1-2H3. The van der Waals surface area contributed by atoms with Crippen LogP contribution in [0.15, 0.2) is 49.4 Å². The Morgan fingerprint density at radius 1 is 1.47 bits per heavy atom. The molecule has 1 aromatic carbocycles. The smallest absolute Gasteiger partial charge is 0.134 e. The maximum atomic E-state index is 13.2. The molecule has 2 rings (SSSR count). The predicted octanol–water partition coefficient (Wildman–Crippen LogP) is 3.39. The quantitative estimate of drug-likeness (QED) is 0.830. The van der Waals surface area contributed by atoms with E-state index < -0.39 is 5.60 Å². The van der Waals surface area contributed by atoms with Crippen molar-refractivity contribution in [1.82, 2.24) is 9.97 Å². The third kappa shape index (κ3) is 3.29. The molecule has 3 nitrogen and oxygen atoms in total. The van der Waals surface area contributed by atoms with Crippen LogP contribution in [0.1, 0.15) is 31.5 Å². The lowest BCUT2D eigenvalue weighted by Gasteiger charge is -2.26. The van der Waals surface area contributed by atoms with E-state index in [9.17, 15) is 9.50 Å². The van der Waals surface area contributed by atoms with E-state index in [2.05, 4.69) is 16.5 Å². The van der Waals surface area contributed by atoms with Gasteiger partial charge < -0.3 is 10.1 Å². The number of aromatic amines is 1. The fourth-order valence-electron chi connectivity index (χ4n) is 1.82. The van der Waals surface area contributed by atoms with Gasteiger partial charge in [-0.1, -0.05) is 32.1 Å². The van der Waals surface area contributed by atoms with Gasteiger partial charge in [0.05, 0.1) is 18.2 Å². The van der Waals surface area contributed by atoms with Crippen molar-refractivity contribution < 1.29 is 9.50 Å². The maximum absolute atomic E-state index is 13.2. The molecule has 0 aliphatic heterocycles. The Morgan fingerprint density at radius 2 is 2.21 bits per heavy atom. The fraction of sp³-hybridized carbons (Fsp3) is 0.267. The molecule has 0 spiro atoms. The fourth-order valence-corrected chi connectivity index (χ4v) is 1.82. The van der Waals surface area contributed by atoms with Crippen LogP contribution in [-0.2, 0) is 5.60 Å². The van der Waals surface area contributed by atoms with E-state index >= 15 is 0 Å². The van der Waals surface area contributed by atoms with Gasteiger partial charge in [0.2, 0.25) is 0 Å². The van der Waals surface area contributed by atoms with Crippen LogP contribution in [0, 0.1) is 5.82 Å². The van der Waals surface area contributed by atoms with Crippen molar-refractivity contribution >= 4 is 0 Å². The van der Waals surface area contributed by atoms with Gasteiger partial charge in [-0.05, 0) is 17.7 Å². The first-order chi connectivity index (χ1) is 9.16. The van der Waals surface area contributed by atoms with Crippen molar-refractivity contribution in [3.8, 4) is 0 Å². The molecule has 0 saturated heterocycles. The number of hydrogen-bond acceptors (Lipinski definition) is 2. The SMILES string of the molecule is C=CCC(O)(c1cccc(F)c1)c1cnc[nH]1.CC. The number of rotatable bonds is 4. The van der Waals surface area contributed by atoms with E-state index in [1.165, 1.54) is 24.7 Å². The van der Waals surface area contributed by atoms with E-state index in [0.717, 1.165) is 0 Å². The molecule has 0 aliphatic carbocycles. The molecule has 0 amide bonds. The lowest BCUT2D eigenvalue weighted by atomic mass is 9.87. The molecule has 0 radical (unpaired) electrons. The zero-order chi connectivity index (χ0) is 14.3. The second kappa shape index (κ2) is 6.85. The van der Waals surface area contributed by atoms with Gasteiger partial charge in [0.25, 0.3) is 0 Å². The number of nitrogens with one attached hydrogen (secondary N) is 1. The van der Waals surface area contributed by atoms with Crippen LogP contribution in [-0.4, -0.2) is 15.1 Å². The molecule has 102 valence electrons. The van der Waals surface area contributed by atoms with Crippen molar-refractivity contribution in [2.75, 3.05) is 0 Å². The summed E-state index contributed by atoms with van der Waals surface area (Å²) < 4.78 is 13.2. The lowest BCUT2D eigenvalue weighted by molar-refractivity contribution is 0.0796. The number of H-pyrrole nitrogens is 1. The molecule has 0 bridgehead atoms. The van der Waals surface area contributed by atoms with Gasteiger partial charge >= 0.3 is 0 Å². The minimum Gasteiger partial charge on any atom is -0.378 e. The topological polar surface area (TPSA) is 48.9 Å². The normalized spacial score (nSPS) is 13.1. The summed E-state index contributed by atoms with van der Waals surface area (Å²) in [5, 5.41) is 10.7. The van der Waals surface area contributed by atoms with Gasteiger partial charge in [0, 0.05) is 6.42 Å². The summed E-state index contributed by atoms with van der Waals surface area (Å²) in [5.41, 5.74) is -0.329. The summed E-state index contributed by atoms with van der Waals surface area (Å²) in [5.74, 6) is -0.385. The molecular weight excluding hydrogens is 243 g/mol. The van der Waals surface area contributed by atoms with E-state index in [1.54, 1.807) is 18.2 Å². The summed E-state index contributed by atoms with van der Waals surface area (Å²) in [6, 6.07) is 5.89. The highest BCUT2D eigenvalue weighted by Gasteiger charge is 2.31. The zero-order valence-electron chi connectivity index (χ0n) is 11.2. The van der Waals surface area contributed by atoms with E-state index in [1.807, 2.05) is 13.8 Å². The van der Waals surface area contributed by atoms with Crippen molar-refractivity contribution in [3.05, 3.63) is 66.5 Å². The molecule has 1 unspecified atom stereocenters. The van der Waals surface area contributed by atoms with E-state index in [-0.39, 0.29) is 12.2 Å². The van der Waals surface area contributed by atoms with Crippen molar-refractivity contribution in [2.24, 2.45) is 0 Å². The Hall–Kier alpha value is -1.94. The van der Waals surface area contributed by atoms with Crippen LogP contribution in [0.5, 0.6) is 0 Å². The van der Waals surface area contributed by atoms with Gasteiger partial charge in [-0.2, -0.15) is 0 Å². The number of benzene rings is 1. The minimum atomic E-state index is -1.32. The van der Waals surface area contributed by atoms with Crippen LogP contribution in [0.3, 0.4) is 0 Å². The first-order valence-electron chi connectivity index (χ1n) is 6.25. The van der Waals surface area contributed by atoms with Crippen LogP contribution in [0.4, 0.5) is 4.39 Å². The second-order valence-corrected chi connectivity index (χ2v) is 3.83. The number of aromatic nitrogens is 2. The van der Waals surface area contributed by atoms with Crippen LogP contribution in [0.25, 0.3) is 0 Å². The van der Waals surface area contributed by atoms with E-state index in [0.29, 0.717) is 11.3 Å². The van der Waals surface area contributed by atoms with Gasteiger partial charge in [0.1, 0.15) is 11.4 Å². The summed E-state index contributed by atoms with van der Waals surface area (Å²) in [6.07, 6.45) is 4.86. The maximum Gasteiger partial charge on any atom is 0.134 e. The molecule has 19 heavy (non-hydrogen) atoms. The van der Waals surface area contributed by atoms with E-state index in [4.69, 9.17) is 0 Å². The van der Waals surface area contributed by atoms with Crippen molar-refractivity contribution in [2.45, 2.75) is 25.9 Å². The predicted molar refractivity (Wildman–Crippen MR) is 74.1 cm³/mol. The summed E-state index contributed by atoms with van der Waals surface area (Å²) in [4.78, 5) is 6.72. The van der Waals surface area contributed by atoms with Gasteiger partial charge in [-0.15, -0.1) is 6.58 Å². The first kappa shape index (κ1) is 15.1. The molecule has 4 heteroatoms. The molecular formula is C15H19FN2O. The lowest BCUT2D eigenvalue weighted by Crippen LogP contribution is -2.27. The molecule has 2 N–H and O–H groups in total. The van der Waals surface area contributed by atoms with Crippen LogP contribution >= 0.6 is 0 Å². The number of hydrogen-bond donors (Lipinski definition) is 2. The molecule has 0 aliphatic rings. The van der Waals surface area contributed by atoms with Gasteiger partial charge in [-0.3, -0.25) is 0 Å². The Kier molecular flexibility index (Phi) is 5.45. The summed E-state index contributed by atoms with van der Waals surface area (Å²) in [6.45, 7) is 7.62. The molecule has 0 saturated carbocycles. The molecule has 1 atom stereocenters. The number of halogens is 1. The molecule has 0 fully saturated rings. The van der Waals surface area contributed by atoms with Crippen LogP contribution in [0.2, 0.25) is 0 Å². The largest absolute Gasteiger partial charge is 0.378 e. The molecule has 1 heterocycles. The summed E-state index contributed by atoms with van der Waals surface area (Å²) >= 11 is 0. The average Bonchev–Trinajstić information content (AvgIpc) is 2.96. The first-order valence-corrected chi connectivity index (χ1v) is 6.25. The van der Waals surface area contributed by atoms with Gasteiger partial charge in [-0.25, -0.2) is 9.37 Å². The highest BCUT2D eigenvalue weighted by molar-refractivity contribution is 5.32. The highest BCUT2D eigenvalue weighted by Crippen LogP contribution is 2.32. The molecule has 2 aromatic rings. The average molecular weight is 262 g/mol. The molecule has 1 aromatic heterocycles. The Labute approximate surface area is 112 Å². The summed E-state index contributed by atoms with van der Waals surface area (Å²) in [7, 11) is 0. The Morgan fingerprint density at radius 3 is 2.74 bits per heavy atom. The third-order valence-electron chi connectivity index (χ3n) is 2.69. The minimum absolute atomic E-state index is 0.276.